The van der Waals surface area contributed by atoms with E-state index in [1.807, 2.05) is 31.2 Å². The summed E-state index contributed by atoms with van der Waals surface area (Å²) in [6.07, 6.45) is 0.700. The normalized spacial score (nSPS) is 11.6. The molecule has 2 aromatic rings. The molecule has 0 aliphatic heterocycles. The quantitative estimate of drug-likeness (QED) is 0.758. The number of methoxy groups -OCH3 is 1. The summed E-state index contributed by atoms with van der Waals surface area (Å²) in [5, 5.41) is 12.1. The summed E-state index contributed by atoms with van der Waals surface area (Å²) < 4.78 is 4.83. The zero-order valence-corrected chi connectivity index (χ0v) is 14.5. The van der Waals surface area contributed by atoms with Crippen molar-refractivity contribution in [3.05, 3.63) is 65.2 Å². The number of esters is 1. The van der Waals surface area contributed by atoms with E-state index in [2.05, 4.69) is 5.32 Å². The van der Waals surface area contributed by atoms with Crippen molar-refractivity contribution in [2.75, 3.05) is 13.7 Å². The number of hydrogen-bond acceptors (Lipinski definition) is 4. The van der Waals surface area contributed by atoms with Gasteiger partial charge in [0.1, 0.15) is 5.75 Å². The number of phenolic OH excluding ortho intramolecular Hbond substituents is 1. The van der Waals surface area contributed by atoms with Crippen molar-refractivity contribution in [3.63, 3.8) is 0 Å². The molecule has 0 aliphatic carbocycles. The van der Waals surface area contributed by atoms with Crippen molar-refractivity contribution in [1.29, 1.82) is 0 Å². The lowest BCUT2D eigenvalue weighted by molar-refractivity contribution is -0.145. The van der Waals surface area contributed by atoms with Crippen molar-refractivity contribution in [2.24, 2.45) is 5.92 Å². The van der Waals surface area contributed by atoms with Gasteiger partial charge in [-0.1, -0.05) is 42.0 Å². The maximum Gasteiger partial charge on any atom is 0.310 e. The minimum atomic E-state index is -0.475. The zero-order valence-electron chi connectivity index (χ0n) is 14.5. The number of nitrogens with one attached hydrogen (secondary N) is 1. The second-order valence-corrected chi connectivity index (χ2v) is 6.06. The van der Waals surface area contributed by atoms with Crippen LogP contribution in [0, 0.1) is 12.8 Å². The molecule has 1 amide bonds. The van der Waals surface area contributed by atoms with Crippen LogP contribution < -0.4 is 5.32 Å². The summed E-state index contributed by atoms with van der Waals surface area (Å²) in [5.41, 5.74) is 2.96. The Hall–Kier alpha value is -2.82. The van der Waals surface area contributed by atoms with Crippen molar-refractivity contribution in [1.82, 2.24) is 5.32 Å². The Morgan fingerprint density at radius 3 is 2.24 bits per heavy atom. The molecule has 0 saturated heterocycles. The zero-order chi connectivity index (χ0) is 18.2. The maximum atomic E-state index is 12.1. The van der Waals surface area contributed by atoms with Crippen LogP contribution in [-0.2, 0) is 27.2 Å². The van der Waals surface area contributed by atoms with E-state index < -0.39 is 5.92 Å². The van der Waals surface area contributed by atoms with E-state index in [0.717, 1.165) is 16.7 Å². The van der Waals surface area contributed by atoms with Crippen LogP contribution in [0.25, 0.3) is 0 Å². The van der Waals surface area contributed by atoms with Crippen LogP contribution in [0.3, 0.4) is 0 Å². The van der Waals surface area contributed by atoms with E-state index in [9.17, 15) is 14.7 Å². The van der Waals surface area contributed by atoms with Gasteiger partial charge in [0.2, 0.25) is 5.91 Å². The van der Waals surface area contributed by atoms with Gasteiger partial charge in [-0.3, -0.25) is 9.59 Å². The predicted octanol–water partition coefficient (Wildman–Crippen LogP) is 2.39. The summed E-state index contributed by atoms with van der Waals surface area (Å²) in [4.78, 5) is 24.1. The maximum absolute atomic E-state index is 12.1. The summed E-state index contributed by atoms with van der Waals surface area (Å²) >= 11 is 0. The van der Waals surface area contributed by atoms with Gasteiger partial charge in [0, 0.05) is 6.54 Å². The van der Waals surface area contributed by atoms with E-state index in [1.165, 1.54) is 7.11 Å². The Kier molecular flexibility index (Phi) is 6.57. The van der Waals surface area contributed by atoms with Crippen molar-refractivity contribution in [2.45, 2.75) is 19.8 Å². The molecule has 2 rings (SSSR count). The Labute approximate surface area is 147 Å². The first-order valence-corrected chi connectivity index (χ1v) is 8.16. The van der Waals surface area contributed by atoms with Crippen molar-refractivity contribution in [3.8, 4) is 5.75 Å². The first kappa shape index (κ1) is 18.5. The van der Waals surface area contributed by atoms with E-state index in [0.29, 0.717) is 6.42 Å². The molecule has 2 N–H and O–H groups in total. The minimum Gasteiger partial charge on any atom is -0.508 e. The first-order chi connectivity index (χ1) is 12.0. The molecule has 5 heteroatoms. The number of hydrogen-bond donors (Lipinski definition) is 2. The lowest BCUT2D eigenvalue weighted by atomic mass is 9.99. The van der Waals surface area contributed by atoms with Gasteiger partial charge in [0.15, 0.2) is 0 Å². The molecule has 0 aliphatic rings. The molecule has 0 aromatic heterocycles. The van der Waals surface area contributed by atoms with Crippen LogP contribution in [0.5, 0.6) is 5.75 Å². The molecule has 0 saturated carbocycles. The molecule has 1 atom stereocenters. The van der Waals surface area contributed by atoms with E-state index in [4.69, 9.17) is 4.74 Å². The molecular formula is C20H23NO4. The minimum absolute atomic E-state index is 0.136. The van der Waals surface area contributed by atoms with Crippen LogP contribution in [0.1, 0.15) is 16.7 Å². The molecule has 0 bridgehead atoms. The molecule has 2 aromatic carbocycles. The number of aryl methyl sites for hydroxylation is 1. The second-order valence-electron chi connectivity index (χ2n) is 6.06. The van der Waals surface area contributed by atoms with Crippen LogP contribution in [0.15, 0.2) is 48.5 Å². The highest BCUT2D eigenvalue weighted by Crippen LogP contribution is 2.14. The molecule has 0 fully saturated rings. The summed E-state index contributed by atoms with van der Waals surface area (Å²) in [7, 11) is 1.33. The van der Waals surface area contributed by atoms with E-state index >= 15 is 0 Å². The number of carbonyl (C=O) groups is 2. The number of rotatable bonds is 7. The van der Waals surface area contributed by atoms with Gasteiger partial charge in [-0.05, 0) is 36.6 Å². The van der Waals surface area contributed by atoms with Gasteiger partial charge in [-0.2, -0.15) is 0 Å². The highest BCUT2D eigenvalue weighted by molar-refractivity contribution is 5.80. The largest absolute Gasteiger partial charge is 0.508 e. The average molecular weight is 341 g/mol. The van der Waals surface area contributed by atoms with Crippen LogP contribution in [0.4, 0.5) is 0 Å². The Balaban J connectivity index is 1.92. The smallest absolute Gasteiger partial charge is 0.310 e. The summed E-state index contributed by atoms with van der Waals surface area (Å²) in [6.45, 7) is 2.20. The first-order valence-electron chi connectivity index (χ1n) is 8.16. The number of amides is 1. The van der Waals surface area contributed by atoms with Gasteiger partial charge >= 0.3 is 5.97 Å². The molecule has 0 radical (unpaired) electrons. The molecule has 132 valence electrons. The van der Waals surface area contributed by atoms with Crippen LogP contribution in [-0.4, -0.2) is 30.6 Å². The molecule has 0 spiro atoms. The SMILES string of the molecule is COC(=O)C(CNC(=O)Cc1ccc(C)cc1)Cc1ccc(O)cc1. The number of benzene rings is 2. The standard InChI is InChI=1S/C20H23NO4/c1-14-3-5-16(6-4-14)12-19(23)21-13-17(20(24)25-2)11-15-7-9-18(22)10-8-15/h3-10,17,22H,11-13H2,1-2H3,(H,21,23). The topological polar surface area (TPSA) is 75.6 Å². The third-order valence-electron chi connectivity index (χ3n) is 3.98. The highest BCUT2D eigenvalue weighted by atomic mass is 16.5. The van der Waals surface area contributed by atoms with E-state index in [1.54, 1.807) is 24.3 Å². The van der Waals surface area contributed by atoms with Gasteiger partial charge in [0.05, 0.1) is 19.4 Å². The highest BCUT2D eigenvalue weighted by Gasteiger charge is 2.20. The summed E-state index contributed by atoms with van der Waals surface area (Å²) in [6, 6.07) is 14.4. The third kappa shape index (κ3) is 5.95. The lowest BCUT2D eigenvalue weighted by Crippen LogP contribution is -2.35. The van der Waals surface area contributed by atoms with Gasteiger partial charge in [-0.15, -0.1) is 0 Å². The third-order valence-corrected chi connectivity index (χ3v) is 3.98. The van der Waals surface area contributed by atoms with Crippen molar-refractivity contribution >= 4 is 11.9 Å². The number of carbonyl (C=O) groups excluding carboxylic acids is 2. The second kappa shape index (κ2) is 8.87. The van der Waals surface area contributed by atoms with Gasteiger partial charge in [0.25, 0.3) is 0 Å². The fourth-order valence-electron chi connectivity index (χ4n) is 2.51. The number of phenols is 1. The Bertz CT molecular complexity index is 707. The Morgan fingerprint density at radius 2 is 1.64 bits per heavy atom. The van der Waals surface area contributed by atoms with Crippen LogP contribution in [0.2, 0.25) is 0 Å². The number of aromatic hydroxyl groups is 1. The van der Waals surface area contributed by atoms with Gasteiger partial charge in [-0.25, -0.2) is 0 Å². The number of ether oxygens (including phenoxy) is 1. The average Bonchev–Trinajstić information content (AvgIpc) is 2.61. The monoisotopic (exact) mass is 341 g/mol. The molecule has 1 unspecified atom stereocenters. The van der Waals surface area contributed by atoms with Gasteiger partial charge < -0.3 is 15.2 Å². The molecule has 0 heterocycles. The fourth-order valence-corrected chi connectivity index (χ4v) is 2.51. The fraction of sp³-hybridized carbons (Fsp3) is 0.300. The predicted molar refractivity (Wildman–Crippen MR) is 95.2 cm³/mol. The van der Waals surface area contributed by atoms with Crippen LogP contribution >= 0.6 is 0 Å². The van der Waals surface area contributed by atoms with Crippen molar-refractivity contribution < 1.29 is 19.4 Å². The lowest BCUT2D eigenvalue weighted by Gasteiger charge is -2.16. The summed E-state index contributed by atoms with van der Waals surface area (Å²) in [5.74, 6) is -0.812. The molecule has 25 heavy (non-hydrogen) atoms. The molecule has 5 nitrogen and oxygen atoms in total. The Morgan fingerprint density at radius 1 is 1.04 bits per heavy atom. The van der Waals surface area contributed by atoms with E-state index in [-0.39, 0.29) is 30.6 Å². The molecular weight excluding hydrogens is 318 g/mol.